The lowest BCUT2D eigenvalue weighted by Gasteiger charge is -2.35. The predicted octanol–water partition coefficient (Wildman–Crippen LogP) is 3.62. The number of alkyl halides is 1. The number of hydrogen-bond donors (Lipinski definition) is 1. The first kappa shape index (κ1) is 23.6. The van der Waals surface area contributed by atoms with Crippen molar-refractivity contribution in [2.24, 2.45) is 18.0 Å². The molecular weight excluding hydrogens is 417 g/mol. The molecule has 0 spiro atoms. The largest absolute Gasteiger partial charge is 0.345 e. The summed E-state index contributed by atoms with van der Waals surface area (Å²) in [4.78, 5) is 24.6. The first-order chi connectivity index (χ1) is 15.7. The zero-order chi connectivity index (χ0) is 23.7. The molecule has 0 unspecified atom stereocenters. The average Bonchev–Trinajstić information content (AvgIpc) is 2.95. The van der Waals surface area contributed by atoms with Gasteiger partial charge in [0.25, 0.3) is 5.91 Å². The summed E-state index contributed by atoms with van der Waals surface area (Å²) < 4.78 is 17.0. The number of fused-ring (bicyclic) bond motifs is 1. The third-order valence-corrected chi connectivity index (χ3v) is 6.88. The van der Waals surface area contributed by atoms with Crippen molar-refractivity contribution in [2.45, 2.75) is 59.2 Å². The molecule has 2 aromatic rings. The van der Waals surface area contributed by atoms with E-state index in [9.17, 15) is 9.18 Å². The van der Waals surface area contributed by atoms with E-state index in [2.05, 4.69) is 53.1 Å². The van der Waals surface area contributed by atoms with E-state index >= 15 is 0 Å². The molecule has 2 aliphatic rings. The maximum atomic E-state index is 14.9. The number of nitrogens with zero attached hydrogens (tertiary/aromatic N) is 4. The zero-order valence-electron chi connectivity index (χ0n) is 20.5. The van der Waals surface area contributed by atoms with E-state index in [1.54, 1.807) is 0 Å². The van der Waals surface area contributed by atoms with Gasteiger partial charge in [-0.25, -0.2) is 9.37 Å². The minimum absolute atomic E-state index is 0.263. The van der Waals surface area contributed by atoms with Gasteiger partial charge in [-0.1, -0.05) is 13.8 Å². The molecule has 7 heteroatoms. The van der Waals surface area contributed by atoms with Crippen LogP contribution in [0.15, 0.2) is 23.3 Å². The van der Waals surface area contributed by atoms with E-state index in [0.29, 0.717) is 31.1 Å². The van der Waals surface area contributed by atoms with Crippen LogP contribution >= 0.6 is 0 Å². The standard InChI is InChI=1S/C26H36FN5O/c1-16(2)14-32-10-8-23(22(27)15-32)30-26(33)25-21-12-19(24-13-29-18(4)31(24)5)11-17(3)20(21)7-6-9-28-25/h11-13,16,22-23H,6-10,14-15H2,1-5H3,(H,30,33)/t22-,23-/m0/s1. The monoisotopic (exact) mass is 453 g/mol. The van der Waals surface area contributed by atoms with Crippen LogP contribution in [0.3, 0.4) is 0 Å². The number of likely N-dealkylation sites (tertiary alicyclic amines) is 1. The van der Waals surface area contributed by atoms with Gasteiger partial charge in [0.05, 0.1) is 17.9 Å². The molecule has 0 saturated carbocycles. The molecule has 1 aromatic carbocycles. The molecule has 1 N–H and O–H groups in total. The van der Waals surface area contributed by atoms with E-state index in [-0.39, 0.29) is 5.91 Å². The highest BCUT2D eigenvalue weighted by molar-refractivity contribution is 6.46. The van der Waals surface area contributed by atoms with Gasteiger partial charge in [0.15, 0.2) is 0 Å². The lowest BCUT2D eigenvalue weighted by atomic mass is 9.91. The van der Waals surface area contributed by atoms with E-state index in [1.807, 2.05) is 24.7 Å². The molecule has 178 valence electrons. The van der Waals surface area contributed by atoms with Gasteiger partial charge >= 0.3 is 0 Å². The third kappa shape index (κ3) is 5.03. The Morgan fingerprint density at radius 1 is 1.30 bits per heavy atom. The molecule has 0 aliphatic carbocycles. The van der Waals surface area contributed by atoms with Crippen LogP contribution in [0, 0.1) is 19.8 Å². The van der Waals surface area contributed by atoms with Crippen LogP contribution < -0.4 is 5.32 Å². The number of rotatable bonds is 5. The van der Waals surface area contributed by atoms with Crippen molar-refractivity contribution in [3.05, 3.63) is 40.8 Å². The maximum absolute atomic E-state index is 14.9. The lowest BCUT2D eigenvalue weighted by Crippen LogP contribution is -2.54. The van der Waals surface area contributed by atoms with E-state index in [4.69, 9.17) is 0 Å². The zero-order valence-corrected chi connectivity index (χ0v) is 20.5. The second-order valence-electron chi connectivity index (χ2n) is 9.94. The van der Waals surface area contributed by atoms with Crippen molar-refractivity contribution in [3.8, 4) is 11.3 Å². The van der Waals surface area contributed by atoms with Gasteiger partial charge in [0.2, 0.25) is 0 Å². The van der Waals surface area contributed by atoms with Gasteiger partial charge in [-0.3, -0.25) is 9.79 Å². The fourth-order valence-electron chi connectivity index (χ4n) is 5.05. The third-order valence-electron chi connectivity index (χ3n) is 6.88. The summed E-state index contributed by atoms with van der Waals surface area (Å²) in [6, 6.07) is 3.75. The SMILES string of the molecule is Cc1cc(-c2cnc(C)n2C)cc2c1CCCN=C2C(=O)N[C@H]1CCN(CC(C)C)C[C@@H]1F. The summed E-state index contributed by atoms with van der Waals surface area (Å²) in [5, 5.41) is 2.99. The molecule has 1 fully saturated rings. The molecule has 0 radical (unpaired) electrons. The fourth-order valence-corrected chi connectivity index (χ4v) is 5.05. The summed E-state index contributed by atoms with van der Waals surface area (Å²) in [5.41, 5.74) is 5.63. The minimum atomic E-state index is -1.07. The first-order valence-corrected chi connectivity index (χ1v) is 12.1. The second kappa shape index (κ2) is 9.75. The maximum Gasteiger partial charge on any atom is 0.270 e. The summed E-state index contributed by atoms with van der Waals surface area (Å²) in [5.74, 6) is 1.17. The predicted molar refractivity (Wildman–Crippen MR) is 131 cm³/mol. The molecular formula is C26H36FN5O. The first-order valence-electron chi connectivity index (χ1n) is 12.1. The number of hydrogen-bond acceptors (Lipinski definition) is 4. The quantitative estimate of drug-likeness (QED) is 0.752. The molecule has 1 saturated heterocycles. The summed E-state index contributed by atoms with van der Waals surface area (Å²) in [6.07, 6.45) is 3.19. The van der Waals surface area contributed by atoms with Crippen LogP contribution in [0.2, 0.25) is 0 Å². The van der Waals surface area contributed by atoms with Crippen LogP contribution in [0.4, 0.5) is 4.39 Å². The Labute approximate surface area is 196 Å². The van der Waals surface area contributed by atoms with Crippen LogP contribution in [0.1, 0.15) is 49.2 Å². The Morgan fingerprint density at radius 3 is 2.76 bits per heavy atom. The van der Waals surface area contributed by atoms with Gasteiger partial charge in [0, 0.05) is 44.4 Å². The number of nitrogens with one attached hydrogen (secondary N) is 1. The number of imidazole rings is 1. The summed E-state index contributed by atoms with van der Waals surface area (Å²) in [7, 11) is 1.99. The smallest absolute Gasteiger partial charge is 0.270 e. The number of piperidine rings is 1. The molecule has 6 nitrogen and oxygen atoms in total. The Morgan fingerprint density at radius 2 is 2.09 bits per heavy atom. The van der Waals surface area contributed by atoms with Crippen LogP contribution in [-0.2, 0) is 18.3 Å². The number of amides is 1. The minimum Gasteiger partial charge on any atom is -0.345 e. The van der Waals surface area contributed by atoms with Crippen molar-refractivity contribution in [1.82, 2.24) is 19.8 Å². The van der Waals surface area contributed by atoms with Crippen molar-refractivity contribution < 1.29 is 9.18 Å². The van der Waals surface area contributed by atoms with Crippen molar-refractivity contribution >= 4 is 11.6 Å². The fraction of sp³-hybridized carbons (Fsp3) is 0.577. The summed E-state index contributed by atoms with van der Waals surface area (Å²) in [6.45, 7) is 11.0. The molecule has 3 heterocycles. The Balaban J connectivity index is 1.59. The van der Waals surface area contributed by atoms with Crippen molar-refractivity contribution in [1.29, 1.82) is 0 Å². The number of halogens is 1. The number of aryl methyl sites for hydroxylation is 2. The highest BCUT2D eigenvalue weighted by Crippen LogP contribution is 2.29. The van der Waals surface area contributed by atoms with Gasteiger partial charge in [-0.15, -0.1) is 0 Å². The number of carbonyl (C=O) groups excluding carboxylic acids is 1. The van der Waals surface area contributed by atoms with Crippen LogP contribution in [0.5, 0.6) is 0 Å². The molecule has 4 rings (SSSR count). The number of carbonyl (C=O) groups is 1. The molecule has 1 amide bonds. The molecule has 1 aromatic heterocycles. The van der Waals surface area contributed by atoms with E-state index < -0.39 is 12.2 Å². The van der Waals surface area contributed by atoms with Crippen LogP contribution in [-0.4, -0.2) is 64.5 Å². The normalized spacial score (nSPS) is 21.5. The Bertz CT molecular complexity index is 1060. The second-order valence-corrected chi connectivity index (χ2v) is 9.94. The highest BCUT2D eigenvalue weighted by Gasteiger charge is 2.32. The van der Waals surface area contributed by atoms with Gasteiger partial charge < -0.3 is 14.8 Å². The summed E-state index contributed by atoms with van der Waals surface area (Å²) >= 11 is 0. The van der Waals surface area contributed by atoms with Crippen molar-refractivity contribution in [3.63, 3.8) is 0 Å². The molecule has 33 heavy (non-hydrogen) atoms. The lowest BCUT2D eigenvalue weighted by molar-refractivity contribution is -0.116. The van der Waals surface area contributed by atoms with Gasteiger partial charge in [0.1, 0.15) is 17.7 Å². The number of benzene rings is 1. The molecule has 2 aliphatic heterocycles. The van der Waals surface area contributed by atoms with Crippen LogP contribution in [0.25, 0.3) is 11.3 Å². The topological polar surface area (TPSA) is 62.5 Å². The number of aromatic nitrogens is 2. The van der Waals surface area contributed by atoms with Gasteiger partial charge in [-0.2, -0.15) is 0 Å². The van der Waals surface area contributed by atoms with E-state index in [1.165, 1.54) is 0 Å². The Kier molecular flexibility index (Phi) is 6.98. The Hall–Kier alpha value is -2.54. The average molecular weight is 454 g/mol. The van der Waals surface area contributed by atoms with Gasteiger partial charge in [-0.05, 0) is 62.3 Å². The van der Waals surface area contributed by atoms with Crippen molar-refractivity contribution in [2.75, 3.05) is 26.2 Å². The molecule has 0 bridgehead atoms. The number of aliphatic imine (C=N–C) groups is 1. The van der Waals surface area contributed by atoms with E-state index in [0.717, 1.165) is 59.7 Å². The molecule has 2 atom stereocenters. The highest BCUT2D eigenvalue weighted by atomic mass is 19.1.